The molecule has 1 saturated carbocycles. The number of thioether (sulfide) groups is 1. The summed E-state index contributed by atoms with van der Waals surface area (Å²) in [4.78, 5) is 12.7. The van der Waals surface area contributed by atoms with Crippen molar-refractivity contribution in [1.29, 1.82) is 0 Å². The Balaban J connectivity index is 1.72. The van der Waals surface area contributed by atoms with Gasteiger partial charge in [0.25, 0.3) is 10.0 Å². The summed E-state index contributed by atoms with van der Waals surface area (Å²) < 4.78 is 27.5. The number of hydrogen-bond acceptors (Lipinski definition) is 4. The van der Waals surface area contributed by atoms with Crippen LogP contribution in [0.4, 0.5) is 5.69 Å². The molecule has 3 rings (SSSR count). The summed E-state index contributed by atoms with van der Waals surface area (Å²) >= 11 is 13.9. The maximum absolute atomic E-state index is 13.2. The Morgan fingerprint density at radius 2 is 1.77 bits per heavy atom. The van der Waals surface area contributed by atoms with E-state index in [1.807, 2.05) is 11.8 Å². The summed E-state index contributed by atoms with van der Waals surface area (Å²) in [6, 6.07) is 12.5. The van der Waals surface area contributed by atoms with Gasteiger partial charge in [-0.1, -0.05) is 54.2 Å². The van der Waals surface area contributed by atoms with Gasteiger partial charge in [-0.3, -0.25) is 9.10 Å². The molecule has 1 fully saturated rings. The van der Waals surface area contributed by atoms with Crippen LogP contribution in [0.1, 0.15) is 25.7 Å². The highest BCUT2D eigenvalue weighted by molar-refractivity contribution is 7.99. The van der Waals surface area contributed by atoms with Crippen molar-refractivity contribution in [3.8, 4) is 0 Å². The van der Waals surface area contributed by atoms with Crippen molar-refractivity contribution in [2.24, 2.45) is 0 Å². The Labute approximate surface area is 192 Å². The molecule has 1 N–H and O–H groups in total. The second kappa shape index (κ2) is 10.8. The third-order valence-corrected chi connectivity index (χ3v) is 8.80. The molecule has 0 saturated heterocycles. The van der Waals surface area contributed by atoms with E-state index in [-0.39, 0.29) is 28.1 Å². The van der Waals surface area contributed by atoms with E-state index in [4.69, 9.17) is 23.2 Å². The van der Waals surface area contributed by atoms with Crippen LogP contribution in [0.5, 0.6) is 0 Å². The molecule has 0 spiro atoms. The van der Waals surface area contributed by atoms with Crippen LogP contribution in [-0.2, 0) is 14.8 Å². The highest BCUT2D eigenvalue weighted by atomic mass is 35.5. The zero-order chi connectivity index (χ0) is 21.6. The fourth-order valence-corrected chi connectivity index (χ4v) is 6.28. The summed E-state index contributed by atoms with van der Waals surface area (Å²) in [7, 11) is -3.96. The molecule has 162 valence electrons. The summed E-state index contributed by atoms with van der Waals surface area (Å²) in [5.74, 6) is 0.446. The lowest BCUT2D eigenvalue weighted by molar-refractivity contribution is -0.119. The molecule has 0 aliphatic heterocycles. The van der Waals surface area contributed by atoms with Crippen molar-refractivity contribution in [2.45, 2.75) is 35.8 Å². The monoisotopic (exact) mass is 486 g/mol. The van der Waals surface area contributed by atoms with Crippen LogP contribution in [0.3, 0.4) is 0 Å². The van der Waals surface area contributed by atoms with E-state index < -0.39 is 10.0 Å². The molecule has 2 aromatic rings. The van der Waals surface area contributed by atoms with E-state index >= 15 is 0 Å². The molecule has 0 unspecified atom stereocenters. The first-order chi connectivity index (χ1) is 14.4. The standard InChI is InChI=1S/C21H24Cl2N2O3S2/c22-19-11-10-16(14-20(19)23)25(30(27,28)18-8-2-1-3-9-18)15-21(26)24-12-13-29-17-6-4-5-7-17/h1-3,8-11,14,17H,4-7,12-13,15H2,(H,24,26). The van der Waals surface area contributed by atoms with Crippen LogP contribution < -0.4 is 9.62 Å². The summed E-state index contributed by atoms with van der Waals surface area (Å²) in [5, 5.41) is 4.03. The van der Waals surface area contributed by atoms with Gasteiger partial charge in [-0.25, -0.2) is 8.42 Å². The molecule has 0 atom stereocenters. The third-order valence-electron chi connectivity index (χ3n) is 4.89. The van der Waals surface area contributed by atoms with Gasteiger partial charge < -0.3 is 5.32 Å². The van der Waals surface area contributed by atoms with Gasteiger partial charge in [-0.05, 0) is 43.2 Å². The number of carbonyl (C=O) groups is 1. The predicted molar refractivity (Wildman–Crippen MR) is 125 cm³/mol. The number of nitrogens with one attached hydrogen (secondary N) is 1. The van der Waals surface area contributed by atoms with Crippen molar-refractivity contribution < 1.29 is 13.2 Å². The maximum atomic E-state index is 13.2. The lowest BCUT2D eigenvalue weighted by Gasteiger charge is -2.24. The molecule has 0 heterocycles. The molecule has 1 amide bonds. The molecule has 30 heavy (non-hydrogen) atoms. The number of rotatable bonds is 9. The summed E-state index contributed by atoms with van der Waals surface area (Å²) in [6.07, 6.45) is 5.03. The lowest BCUT2D eigenvalue weighted by atomic mass is 10.3. The fourth-order valence-electron chi connectivity index (χ4n) is 3.33. The molecule has 0 radical (unpaired) electrons. The van der Waals surface area contributed by atoms with Gasteiger partial charge in [-0.2, -0.15) is 11.8 Å². The fraction of sp³-hybridized carbons (Fsp3) is 0.381. The van der Waals surface area contributed by atoms with E-state index in [1.54, 1.807) is 18.2 Å². The Hall–Kier alpha value is -1.41. The number of halogens is 2. The smallest absolute Gasteiger partial charge is 0.264 e. The molecule has 0 bridgehead atoms. The molecule has 1 aliphatic rings. The number of carbonyl (C=O) groups excluding carboxylic acids is 1. The maximum Gasteiger partial charge on any atom is 0.264 e. The van der Waals surface area contributed by atoms with E-state index in [0.717, 1.165) is 10.1 Å². The van der Waals surface area contributed by atoms with Crippen LogP contribution in [0.2, 0.25) is 10.0 Å². The van der Waals surface area contributed by atoms with Crippen molar-refractivity contribution >= 4 is 56.6 Å². The van der Waals surface area contributed by atoms with Gasteiger partial charge in [0.2, 0.25) is 5.91 Å². The van der Waals surface area contributed by atoms with Gasteiger partial charge >= 0.3 is 0 Å². The van der Waals surface area contributed by atoms with Crippen LogP contribution >= 0.6 is 35.0 Å². The topological polar surface area (TPSA) is 66.5 Å². The van der Waals surface area contributed by atoms with E-state index in [2.05, 4.69) is 5.32 Å². The molecular weight excluding hydrogens is 463 g/mol. The number of anilines is 1. The number of nitrogens with zero attached hydrogens (tertiary/aromatic N) is 1. The first kappa shape index (κ1) is 23.3. The number of sulfonamides is 1. The molecule has 9 heteroatoms. The van der Waals surface area contributed by atoms with Crippen molar-refractivity contribution in [3.63, 3.8) is 0 Å². The van der Waals surface area contributed by atoms with Gasteiger partial charge in [0.1, 0.15) is 6.54 Å². The largest absolute Gasteiger partial charge is 0.354 e. The summed E-state index contributed by atoms with van der Waals surface area (Å²) in [6.45, 7) is 0.157. The van der Waals surface area contributed by atoms with Gasteiger partial charge in [0.05, 0.1) is 20.6 Å². The SMILES string of the molecule is O=C(CN(c1ccc(Cl)c(Cl)c1)S(=O)(=O)c1ccccc1)NCCSC1CCCC1. The van der Waals surface area contributed by atoms with Gasteiger partial charge in [0.15, 0.2) is 0 Å². The predicted octanol–water partition coefficient (Wildman–Crippen LogP) is 4.98. The van der Waals surface area contributed by atoms with E-state index in [0.29, 0.717) is 16.8 Å². The molecule has 1 aliphatic carbocycles. The van der Waals surface area contributed by atoms with Crippen LogP contribution in [0.15, 0.2) is 53.4 Å². The number of amides is 1. The molecule has 0 aromatic heterocycles. The molecule has 2 aromatic carbocycles. The van der Waals surface area contributed by atoms with Gasteiger partial charge in [-0.15, -0.1) is 0 Å². The second-order valence-electron chi connectivity index (χ2n) is 7.05. The van der Waals surface area contributed by atoms with Crippen molar-refractivity contribution in [3.05, 3.63) is 58.6 Å². The number of hydrogen-bond donors (Lipinski definition) is 1. The second-order valence-corrected chi connectivity index (χ2v) is 11.1. The minimum absolute atomic E-state index is 0.0978. The Bertz CT molecular complexity index is 965. The quantitative estimate of drug-likeness (QED) is 0.507. The third kappa shape index (κ3) is 6.06. The first-order valence-corrected chi connectivity index (χ1v) is 13.0. The van der Waals surface area contributed by atoms with Crippen LogP contribution in [-0.4, -0.2) is 38.4 Å². The van der Waals surface area contributed by atoms with Crippen molar-refractivity contribution in [2.75, 3.05) is 23.1 Å². The lowest BCUT2D eigenvalue weighted by Crippen LogP contribution is -2.41. The van der Waals surface area contributed by atoms with E-state index in [9.17, 15) is 13.2 Å². The van der Waals surface area contributed by atoms with Crippen molar-refractivity contribution in [1.82, 2.24) is 5.32 Å². The van der Waals surface area contributed by atoms with Crippen LogP contribution in [0.25, 0.3) is 0 Å². The highest BCUT2D eigenvalue weighted by Gasteiger charge is 2.27. The minimum Gasteiger partial charge on any atom is -0.354 e. The highest BCUT2D eigenvalue weighted by Crippen LogP contribution is 2.31. The number of benzene rings is 2. The molecule has 5 nitrogen and oxygen atoms in total. The summed E-state index contributed by atoms with van der Waals surface area (Å²) in [5.41, 5.74) is 0.281. The van der Waals surface area contributed by atoms with E-state index in [1.165, 1.54) is 56.0 Å². The molecular formula is C21H24Cl2N2O3S2. The Kier molecular flexibility index (Phi) is 8.34. The van der Waals surface area contributed by atoms with Gasteiger partial charge in [0, 0.05) is 17.5 Å². The average molecular weight is 487 g/mol. The Morgan fingerprint density at radius 1 is 1.07 bits per heavy atom. The van der Waals surface area contributed by atoms with Crippen LogP contribution in [0, 0.1) is 0 Å². The normalized spacial score (nSPS) is 14.6. The zero-order valence-electron chi connectivity index (χ0n) is 16.4. The first-order valence-electron chi connectivity index (χ1n) is 9.79. The minimum atomic E-state index is -3.96. The average Bonchev–Trinajstić information content (AvgIpc) is 3.26. The zero-order valence-corrected chi connectivity index (χ0v) is 19.5. The Morgan fingerprint density at radius 3 is 2.43 bits per heavy atom.